The van der Waals surface area contributed by atoms with Crippen molar-refractivity contribution >= 4 is 17.4 Å². The SMILES string of the molecule is Cc1c(F)cccc1NC(=O)C(C)(C)C(N)=NO. The van der Waals surface area contributed by atoms with Crippen molar-refractivity contribution in [2.45, 2.75) is 20.8 Å². The minimum absolute atomic E-state index is 0.214. The molecule has 0 aromatic heterocycles. The van der Waals surface area contributed by atoms with Gasteiger partial charge in [0.1, 0.15) is 11.2 Å². The van der Waals surface area contributed by atoms with Crippen molar-refractivity contribution in [2.75, 3.05) is 5.32 Å². The first-order valence-corrected chi connectivity index (χ1v) is 5.35. The Labute approximate surface area is 104 Å². The Morgan fingerprint density at radius 1 is 1.50 bits per heavy atom. The molecule has 0 unspecified atom stereocenters. The Kier molecular flexibility index (Phi) is 3.90. The van der Waals surface area contributed by atoms with Crippen molar-refractivity contribution < 1.29 is 14.4 Å². The molecule has 0 aliphatic heterocycles. The molecule has 1 aromatic rings. The summed E-state index contributed by atoms with van der Waals surface area (Å²) in [6.07, 6.45) is 0. The first kappa shape index (κ1) is 14.0. The number of halogens is 1. The molecule has 0 aliphatic carbocycles. The summed E-state index contributed by atoms with van der Waals surface area (Å²) in [5.74, 6) is -1.10. The van der Waals surface area contributed by atoms with E-state index in [0.29, 0.717) is 11.3 Å². The fourth-order valence-electron chi connectivity index (χ4n) is 1.26. The van der Waals surface area contributed by atoms with Crippen LogP contribution in [0.4, 0.5) is 10.1 Å². The lowest BCUT2D eigenvalue weighted by atomic mass is 9.90. The molecule has 0 radical (unpaired) electrons. The van der Waals surface area contributed by atoms with Crippen LogP contribution in [0.2, 0.25) is 0 Å². The Bertz CT molecular complexity index is 498. The van der Waals surface area contributed by atoms with Crippen LogP contribution in [-0.4, -0.2) is 17.0 Å². The van der Waals surface area contributed by atoms with E-state index in [0.717, 1.165) is 0 Å². The third kappa shape index (κ3) is 2.58. The first-order chi connectivity index (χ1) is 8.30. The van der Waals surface area contributed by atoms with Crippen LogP contribution in [0.15, 0.2) is 23.4 Å². The molecule has 0 saturated carbocycles. The first-order valence-electron chi connectivity index (χ1n) is 5.35. The van der Waals surface area contributed by atoms with Gasteiger partial charge in [0, 0.05) is 11.3 Å². The average molecular weight is 253 g/mol. The smallest absolute Gasteiger partial charge is 0.237 e. The molecule has 4 N–H and O–H groups in total. The number of nitrogens with zero attached hydrogens (tertiary/aromatic N) is 1. The molecular weight excluding hydrogens is 237 g/mol. The molecule has 6 heteroatoms. The van der Waals surface area contributed by atoms with Gasteiger partial charge in [0.2, 0.25) is 5.91 Å². The molecule has 1 amide bonds. The highest BCUT2D eigenvalue weighted by atomic mass is 19.1. The number of oxime groups is 1. The minimum atomic E-state index is -1.19. The van der Waals surface area contributed by atoms with E-state index >= 15 is 0 Å². The maximum atomic E-state index is 13.3. The van der Waals surface area contributed by atoms with Gasteiger partial charge in [-0.3, -0.25) is 4.79 Å². The maximum Gasteiger partial charge on any atom is 0.237 e. The second-order valence-corrected chi connectivity index (χ2v) is 4.48. The van der Waals surface area contributed by atoms with Gasteiger partial charge in [0.15, 0.2) is 5.84 Å². The highest BCUT2D eigenvalue weighted by Crippen LogP contribution is 2.22. The minimum Gasteiger partial charge on any atom is -0.409 e. The van der Waals surface area contributed by atoms with Gasteiger partial charge in [-0.1, -0.05) is 11.2 Å². The molecule has 0 aliphatic rings. The molecule has 1 aromatic carbocycles. The topological polar surface area (TPSA) is 87.7 Å². The number of benzene rings is 1. The average Bonchev–Trinajstić information content (AvgIpc) is 2.33. The Morgan fingerprint density at radius 3 is 2.67 bits per heavy atom. The van der Waals surface area contributed by atoms with Crippen LogP contribution < -0.4 is 11.1 Å². The van der Waals surface area contributed by atoms with Crippen LogP contribution in [-0.2, 0) is 4.79 Å². The molecule has 0 saturated heterocycles. The zero-order valence-electron chi connectivity index (χ0n) is 10.5. The molecule has 5 nitrogen and oxygen atoms in total. The molecule has 0 atom stereocenters. The summed E-state index contributed by atoms with van der Waals surface area (Å²) in [6, 6.07) is 4.38. The fraction of sp³-hybridized carbons (Fsp3) is 0.333. The molecule has 0 spiro atoms. The molecule has 0 fully saturated rings. The second kappa shape index (κ2) is 5.03. The highest BCUT2D eigenvalue weighted by Gasteiger charge is 2.33. The number of carbonyl (C=O) groups excluding carboxylic acids is 1. The number of nitrogens with two attached hydrogens (primary N) is 1. The van der Waals surface area contributed by atoms with E-state index in [2.05, 4.69) is 10.5 Å². The van der Waals surface area contributed by atoms with Crippen molar-refractivity contribution in [3.05, 3.63) is 29.6 Å². The summed E-state index contributed by atoms with van der Waals surface area (Å²) in [6.45, 7) is 4.57. The maximum absolute atomic E-state index is 13.3. The van der Waals surface area contributed by atoms with Crippen molar-refractivity contribution in [1.29, 1.82) is 0 Å². The van der Waals surface area contributed by atoms with Crippen molar-refractivity contribution in [3.8, 4) is 0 Å². The van der Waals surface area contributed by atoms with E-state index in [-0.39, 0.29) is 5.84 Å². The Morgan fingerprint density at radius 2 is 2.11 bits per heavy atom. The van der Waals surface area contributed by atoms with Crippen molar-refractivity contribution in [3.63, 3.8) is 0 Å². The number of nitrogens with one attached hydrogen (secondary N) is 1. The largest absolute Gasteiger partial charge is 0.409 e. The van der Waals surface area contributed by atoms with Gasteiger partial charge in [0.05, 0.1) is 0 Å². The molecule has 0 heterocycles. The second-order valence-electron chi connectivity index (χ2n) is 4.48. The number of anilines is 1. The third-order valence-corrected chi connectivity index (χ3v) is 2.83. The number of rotatable bonds is 3. The van der Waals surface area contributed by atoms with Gasteiger partial charge in [0.25, 0.3) is 0 Å². The molecular formula is C12H16FN3O2. The van der Waals surface area contributed by atoms with Gasteiger partial charge in [-0.25, -0.2) is 4.39 Å². The van der Waals surface area contributed by atoms with Gasteiger partial charge in [-0.15, -0.1) is 0 Å². The van der Waals surface area contributed by atoms with E-state index in [4.69, 9.17) is 10.9 Å². The monoisotopic (exact) mass is 253 g/mol. The summed E-state index contributed by atoms with van der Waals surface area (Å²) >= 11 is 0. The van der Waals surface area contributed by atoms with E-state index in [1.165, 1.54) is 26.0 Å². The predicted octanol–water partition coefficient (Wildman–Crippen LogP) is 1.85. The number of hydrogen-bond acceptors (Lipinski definition) is 3. The lowest BCUT2D eigenvalue weighted by molar-refractivity contribution is -0.121. The molecule has 0 bridgehead atoms. The predicted molar refractivity (Wildman–Crippen MR) is 67.0 cm³/mol. The van der Waals surface area contributed by atoms with Crippen molar-refractivity contribution in [2.24, 2.45) is 16.3 Å². The quantitative estimate of drug-likeness (QED) is 0.332. The Hall–Kier alpha value is -2.11. The molecule has 98 valence electrons. The number of carbonyl (C=O) groups is 1. The number of hydrogen-bond donors (Lipinski definition) is 3. The third-order valence-electron chi connectivity index (χ3n) is 2.83. The van der Waals surface area contributed by atoms with Crippen LogP contribution in [0.1, 0.15) is 19.4 Å². The van der Waals surface area contributed by atoms with Crippen molar-refractivity contribution in [1.82, 2.24) is 0 Å². The summed E-state index contributed by atoms with van der Waals surface area (Å²) in [5.41, 5.74) is 4.95. The zero-order valence-corrected chi connectivity index (χ0v) is 10.5. The van der Waals surface area contributed by atoms with Crippen LogP contribution in [0.5, 0.6) is 0 Å². The highest BCUT2D eigenvalue weighted by molar-refractivity contribution is 6.11. The lowest BCUT2D eigenvalue weighted by Crippen LogP contribution is -2.42. The van der Waals surface area contributed by atoms with E-state index in [9.17, 15) is 9.18 Å². The summed E-state index contributed by atoms with van der Waals surface area (Å²) in [5, 5.41) is 14.0. The van der Waals surface area contributed by atoms with Crippen LogP contribution in [0.25, 0.3) is 0 Å². The number of amidine groups is 1. The van der Waals surface area contributed by atoms with E-state index < -0.39 is 17.1 Å². The summed E-state index contributed by atoms with van der Waals surface area (Å²) < 4.78 is 13.3. The zero-order chi connectivity index (χ0) is 13.9. The van der Waals surface area contributed by atoms with Crippen LogP contribution >= 0.6 is 0 Å². The van der Waals surface area contributed by atoms with Gasteiger partial charge < -0.3 is 16.3 Å². The Balaban J connectivity index is 2.99. The van der Waals surface area contributed by atoms with E-state index in [1.807, 2.05) is 0 Å². The summed E-state index contributed by atoms with van der Waals surface area (Å²) in [4.78, 5) is 12.0. The van der Waals surface area contributed by atoms with Gasteiger partial charge in [-0.2, -0.15) is 0 Å². The van der Waals surface area contributed by atoms with Gasteiger partial charge in [-0.05, 0) is 32.9 Å². The lowest BCUT2D eigenvalue weighted by Gasteiger charge is -2.22. The standard InChI is InChI=1S/C12H16FN3O2/c1-7-8(13)5-4-6-9(7)15-11(17)12(2,3)10(14)16-18/h4-6,18H,1-3H3,(H2,14,16)(H,15,17). The normalized spacial score (nSPS) is 12.3. The van der Waals surface area contributed by atoms with Crippen LogP contribution in [0.3, 0.4) is 0 Å². The fourth-order valence-corrected chi connectivity index (χ4v) is 1.26. The summed E-state index contributed by atoms with van der Waals surface area (Å²) in [7, 11) is 0. The van der Waals surface area contributed by atoms with Crippen LogP contribution in [0, 0.1) is 18.2 Å². The van der Waals surface area contributed by atoms with Gasteiger partial charge >= 0.3 is 0 Å². The number of amides is 1. The molecule has 18 heavy (non-hydrogen) atoms. The van der Waals surface area contributed by atoms with E-state index in [1.54, 1.807) is 13.0 Å². The molecule has 1 rings (SSSR count).